The molecule has 15 heavy (non-hydrogen) atoms. The van der Waals surface area contributed by atoms with Gasteiger partial charge in [-0.2, -0.15) is 5.10 Å². The van der Waals surface area contributed by atoms with E-state index in [2.05, 4.69) is 37.0 Å². The van der Waals surface area contributed by atoms with Gasteiger partial charge in [-0.3, -0.25) is 4.79 Å². The van der Waals surface area contributed by atoms with E-state index in [-0.39, 0.29) is 18.0 Å². The number of halogens is 2. The Morgan fingerprint density at radius 2 is 2.13 bits per heavy atom. The summed E-state index contributed by atoms with van der Waals surface area (Å²) in [6, 6.07) is 0. The van der Waals surface area contributed by atoms with Crippen molar-refractivity contribution in [1.29, 1.82) is 0 Å². The van der Waals surface area contributed by atoms with Gasteiger partial charge >= 0.3 is 0 Å². The van der Waals surface area contributed by atoms with E-state index in [1.165, 1.54) is 10.9 Å². The quantitative estimate of drug-likeness (QED) is 0.913. The molecule has 0 aliphatic carbocycles. The second kappa shape index (κ2) is 5.23. The van der Waals surface area contributed by atoms with Gasteiger partial charge in [-0.25, -0.2) is 4.68 Å². The monoisotopic (exact) mass is 338 g/mol. The minimum absolute atomic E-state index is 0.0983. The van der Waals surface area contributed by atoms with Crippen LogP contribution in [-0.2, 0) is 6.54 Å². The van der Waals surface area contributed by atoms with Gasteiger partial charge < -0.3 is 5.11 Å². The maximum atomic E-state index is 11.7. The average Bonchev–Trinajstić information content (AvgIpc) is 2.18. The molecule has 4 nitrogen and oxygen atoms in total. The van der Waals surface area contributed by atoms with Gasteiger partial charge in [0.25, 0.3) is 5.56 Å². The van der Waals surface area contributed by atoms with Crippen LogP contribution < -0.4 is 5.56 Å². The van der Waals surface area contributed by atoms with Crippen LogP contribution in [0.4, 0.5) is 0 Å². The van der Waals surface area contributed by atoms with Crippen molar-refractivity contribution in [3.05, 3.63) is 25.5 Å². The highest BCUT2D eigenvalue weighted by atomic mass is 79.9. The third-order valence-electron chi connectivity index (χ3n) is 2.07. The molecule has 0 bridgehead atoms. The zero-order chi connectivity index (χ0) is 11.6. The Hall–Kier alpha value is -0.200. The van der Waals surface area contributed by atoms with E-state index in [9.17, 15) is 9.90 Å². The largest absolute Gasteiger partial charge is 0.391 e. The summed E-state index contributed by atoms with van der Waals surface area (Å²) in [6.07, 6.45) is 0.960. The molecule has 1 atom stereocenters. The molecule has 0 aliphatic heterocycles. The third-order valence-corrected chi connectivity index (χ3v) is 3.97. The number of rotatable bonds is 3. The van der Waals surface area contributed by atoms with Crippen molar-refractivity contribution in [1.82, 2.24) is 9.78 Å². The van der Waals surface area contributed by atoms with Gasteiger partial charge in [0.05, 0.1) is 23.3 Å². The summed E-state index contributed by atoms with van der Waals surface area (Å²) in [7, 11) is 0. The minimum atomic E-state index is -0.566. The molecule has 1 aromatic heterocycles. The Balaban J connectivity index is 2.97. The van der Waals surface area contributed by atoms with Gasteiger partial charge in [-0.15, -0.1) is 0 Å². The maximum Gasteiger partial charge on any atom is 0.282 e. The Labute approximate surface area is 105 Å². The fraction of sp³-hybridized carbons (Fsp3) is 0.556. The first kappa shape index (κ1) is 12.9. The van der Waals surface area contributed by atoms with Gasteiger partial charge in [0.15, 0.2) is 0 Å². The van der Waals surface area contributed by atoms with Crippen LogP contribution in [0.15, 0.2) is 19.9 Å². The Bertz CT molecular complexity index is 404. The molecule has 0 fully saturated rings. The van der Waals surface area contributed by atoms with Crippen molar-refractivity contribution in [2.75, 3.05) is 0 Å². The normalized spacial score (nSPS) is 13.2. The van der Waals surface area contributed by atoms with Crippen molar-refractivity contribution in [3.8, 4) is 0 Å². The minimum Gasteiger partial charge on any atom is -0.391 e. The van der Waals surface area contributed by atoms with Crippen molar-refractivity contribution >= 4 is 31.9 Å². The molecule has 0 saturated carbocycles. The topological polar surface area (TPSA) is 55.1 Å². The fourth-order valence-electron chi connectivity index (χ4n) is 0.963. The van der Waals surface area contributed by atoms with Crippen molar-refractivity contribution in [3.63, 3.8) is 0 Å². The molecule has 1 N–H and O–H groups in total. The first-order valence-corrected chi connectivity index (χ1v) is 6.11. The molecule has 0 amide bonds. The molecule has 0 spiro atoms. The van der Waals surface area contributed by atoms with Crippen LogP contribution in [0, 0.1) is 5.92 Å². The number of hydrogen-bond acceptors (Lipinski definition) is 3. The molecule has 1 unspecified atom stereocenters. The Morgan fingerprint density at radius 3 is 2.67 bits per heavy atom. The molecule has 1 aromatic rings. The first-order valence-electron chi connectivity index (χ1n) is 4.52. The molecule has 84 valence electrons. The molecule has 0 radical (unpaired) electrons. The zero-order valence-corrected chi connectivity index (χ0v) is 11.6. The lowest BCUT2D eigenvalue weighted by Gasteiger charge is -2.15. The summed E-state index contributed by atoms with van der Waals surface area (Å²) in [5.41, 5.74) is -0.246. The van der Waals surface area contributed by atoms with Crippen LogP contribution >= 0.6 is 31.9 Å². The molecule has 1 rings (SSSR count). The highest BCUT2D eigenvalue weighted by Crippen LogP contribution is 2.16. The Kier molecular flexibility index (Phi) is 4.48. The summed E-state index contributed by atoms with van der Waals surface area (Å²) in [5, 5.41) is 13.6. The van der Waals surface area contributed by atoms with Crippen molar-refractivity contribution in [2.45, 2.75) is 26.5 Å². The SMILES string of the molecule is CC(C)C(O)Cn1ncc(Br)c(Br)c1=O. The summed E-state index contributed by atoms with van der Waals surface area (Å²) in [6.45, 7) is 4.00. The third kappa shape index (κ3) is 3.12. The van der Waals surface area contributed by atoms with Gasteiger partial charge in [-0.05, 0) is 37.8 Å². The fourth-order valence-corrected chi connectivity index (χ4v) is 1.53. The van der Waals surface area contributed by atoms with Gasteiger partial charge in [0, 0.05) is 0 Å². The Morgan fingerprint density at radius 1 is 1.53 bits per heavy atom. The molecule has 0 aromatic carbocycles. The molecular weight excluding hydrogens is 328 g/mol. The van der Waals surface area contributed by atoms with Crippen molar-refractivity contribution in [2.24, 2.45) is 5.92 Å². The van der Waals surface area contributed by atoms with E-state index in [0.717, 1.165) is 0 Å². The molecule has 0 aliphatic rings. The maximum absolute atomic E-state index is 11.7. The predicted octanol–water partition coefficient (Wildman–Crippen LogP) is 1.79. The van der Waals surface area contributed by atoms with E-state index in [1.807, 2.05) is 13.8 Å². The van der Waals surface area contributed by atoms with Crippen LogP contribution in [0.1, 0.15) is 13.8 Å². The second-order valence-corrected chi connectivity index (χ2v) is 5.25. The molecule has 1 heterocycles. The summed E-state index contributed by atoms with van der Waals surface area (Å²) in [4.78, 5) is 11.7. The zero-order valence-electron chi connectivity index (χ0n) is 8.44. The number of nitrogens with zero attached hydrogens (tertiary/aromatic N) is 2. The van der Waals surface area contributed by atoms with Gasteiger partial charge in [-0.1, -0.05) is 13.8 Å². The van der Waals surface area contributed by atoms with Crippen LogP contribution in [-0.4, -0.2) is 21.0 Å². The van der Waals surface area contributed by atoms with E-state index in [4.69, 9.17) is 0 Å². The van der Waals surface area contributed by atoms with Crippen LogP contribution in [0.5, 0.6) is 0 Å². The van der Waals surface area contributed by atoms with Crippen LogP contribution in [0.25, 0.3) is 0 Å². The number of aromatic nitrogens is 2. The van der Waals surface area contributed by atoms with Gasteiger partial charge in [0.1, 0.15) is 4.47 Å². The summed E-state index contributed by atoms with van der Waals surface area (Å²) in [5.74, 6) is 0.0983. The number of hydrogen-bond donors (Lipinski definition) is 1. The van der Waals surface area contributed by atoms with Gasteiger partial charge in [0.2, 0.25) is 0 Å². The van der Waals surface area contributed by atoms with Crippen molar-refractivity contribution < 1.29 is 5.11 Å². The smallest absolute Gasteiger partial charge is 0.282 e. The number of aliphatic hydroxyl groups excluding tert-OH is 1. The molecular formula is C9H12Br2N2O2. The lowest BCUT2D eigenvalue weighted by molar-refractivity contribution is 0.101. The van der Waals surface area contributed by atoms with E-state index < -0.39 is 6.10 Å². The highest BCUT2D eigenvalue weighted by Gasteiger charge is 2.13. The number of aliphatic hydroxyl groups is 1. The summed E-state index contributed by atoms with van der Waals surface area (Å²) >= 11 is 6.35. The molecule has 0 saturated heterocycles. The lowest BCUT2D eigenvalue weighted by Crippen LogP contribution is -2.31. The summed E-state index contributed by atoms with van der Waals surface area (Å²) < 4.78 is 2.29. The predicted molar refractivity (Wildman–Crippen MR) is 64.7 cm³/mol. The average molecular weight is 340 g/mol. The second-order valence-electron chi connectivity index (χ2n) is 3.61. The van der Waals surface area contributed by atoms with Crippen LogP contribution in [0.2, 0.25) is 0 Å². The standard InChI is InChI=1S/C9H12Br2N2O2/c1-5(2)7(14)4-13-9(15)8(11)6(10)3-12-13/h3,5,7,14H,4H2,1-2H3. The van der Waals surface area contributed by atoms with E-state index in [1.54, 1.807) is 0 Å². The molecule has 6 heteroatoms. The lowest BCUT2D eigenvalue weighted by atomic mass is 10.1. The first-order chi connectivity index (χ1) is 6.93. The van der Waals surface area contributed by atoms with E-state index in [0.29, 0.717) is 8.95 Å². The van der Waals surface area contributed by atoms with Crippen LogP contribution in [0.3, 0.4) is 0 Å². The van der Waals surface area contributed by atoms with E-state index >= 15 is 0 Å². The highest BCUT2D eigenvalue weighted by molar-refractivity contribution is 9.13.